The van der Waals surface area contributed by atoms with Crippen LogP contribution in [0.4, 0.5) is 0 Å². The van der Waals surface area contributed by atoms with Crippen molar-refractivity contribution in [3.05, 3.63) is 48.2 Å². The van der Waals surface area contributed by atoms with E-state index in [-0.39, 0.29) is 0 Å². The predicted molar refractivity (Wildman–Crippen MR) is 92.1 cm³/mol. The lowest BCUT2D eigenvalue weighted by molar-refractivity contribution is -0.152. The fourth-order valence-corrected chi connectivity index (χ4v) is 3.11. The number of benzene rings is 2. The molecule has 0 bridgehead atoms. The number of carboxylic acid groups (broad SMARTS) is 1. The van der Waals surface area contributed by atoms with Crippen LogP contribution in [0.25, 0.3) is 21.2 Å². The molecule has 6 heteroatoms. The Morgan fingerprint density at radius 1 is 1.25 bits per heavy atom. The number of hydrogen-bond acceptors (Lipinski definition) is 5. The third kappa shape index (κ3) is 2.82. The van der Waals surface area contributed by atoms with Crippen LogP contribution >= 0.6 is 11.5 Å². The van der Waals surface area contributed by atoms with Gasteiger partial charge in [-0.25, -0.2) is 4.79 Å². The van der Waals surface area contributed by atoms with Crippen LogP contribution in [0.15, 0.2) is 42.6 Å². The minimum atomic E-state index is -1.36. The summed E-state index contributed by atoms with van der Waals surface area (Å²) in [4.78, 5) is 11.4. The van der Waals surface area contributed by atoms with Gasteiger partial charge in [-0.1, -0.05) is 12.1 Å². The number of carbonyl (C=O) groups is 1. The molecule has 0 aliphatic rings. The van der Waals surface area contributed by atoms with E-state index in [2.05, 4.69) is 10.4 Å². The van der Waals surface area contributed by atoms with Crippen molar-refractivity contribution in [2.75, 3.05) is 0 Å². The number of nitrogens with zero attached hydrogens (tertiary/aromatic N) is 2. The van der Waals surface area contributed by atoms with Crippen LogP contribution in [0.1, 0.15) is 19.4 Å². The average molecular weight is 338 g/mol. The first kappa shape index (κ1) is 16.0. The van der Waals surface area contributed by atoms with Gasteiger partial charge < -0.3 is 9.84 Å². The minimum absolute atomic E-state index is 0.476. The molecule has 3 aromatic rings. The maximum atomic E-state index is 11.4. The highest BCUT2D eigenvalue weighted by molar-refractivity contribution is 7.14. The van der Waals surface area contributed by atoms with Crippen molar-refractivity contribution in [2.45, 2.75) is 19.4 Å². The van der Waals surface area contributed by atoms with Gasteiger partial charge in [-0.3, -0.25) is 0 Å². The van der Waals surface area contributed by atoms with Gasteiger partial charge in [0.15, 0.2) is 5.60 Å². The van der Waals surface area contributed by atoms with E-state index in [1.54, 1.807) is 24.4 Å². The quantitative estimate of drug-likeness (QED) is 0.775. The summed E-state index contributed by atoms with van der Waals surface area (Å²) < 4.78 is 10.9. The van der Waals surface area contributed by atoms with E-state index in [9.17, 15) is 9.90 Å². The van der Waals surface area contributed by atoms with Gasteiger partial charge in [0, 0.05) is 17.1 Å². The van der Waals surface area contributed by atoms with E-state index in [1.165, 1.54) is 25.4 Å². The molecule has 0 aliphatic heterocycles. The first-order valence-corrected chi connectivity index (χ1v) is 8.00. The van der Waals surface area contributed by atoms with E-state index >= 15 is 0 Å². The molecule has 2 aromatic carbocycles. The Kier molecular flexibility index (Phi) is 3.96. The normalized spacial score (nSPS) is 11.2. The molecule has 0 unspecified atom stereocenters. The molecule has 5 nitrogen and oxygen atoms in total. The number of nitriles is 1. The number of fused-ring (bicyclic) bond motifs is 1. The molecule has 1 heterocycles. The summed E-state index contributed by atoms with van der Waals surface area (Å²) in [6.07, 6.45) is 1.76. The van der Waals surface area contributed by atoms with Gasteiger partial charge in [0.25, 0.3) is 0 Å². The molecule has 120 valence electrons. The predicted octanol–water partition coefficient (Wildman–Crippen LogP) is 4.08. The summed E-state index contributed by atoms with van der Waals surface area (Å²) >= 11 is 1.32. The second kappa shape index (κ2) is 5.95. The third-order valence-electron chi connectivity index (χ3n) is 3.67. The molecule has 0 saturated heterocycles. The van der Waals surface area contributed by atoms with Crippen molar-refractivity contribution in [2.24, 2.45) is 0 Å². The van der Waals surface area contributed by atoms with E-state index in [0.717, 1.165) is 21.2 Å². The second-order valence-corrected chi connectivity index (χ2v) is 6.59. The van der Waals surface area contributed by atoms with Crippen molar-refractivity contribution in [3.8, 4) is 22.9 Å². The Balaban J connectivity index is 2.19. The lowest BCUT2D eigenvalue weighted by Crippen LogP contribution is -2.38. The molecule has 1 N–H and O–H groups in total. The molecule has 1 aromatic heterocycles. The monoisotopic (exact) mass is 338 g/mol. The van der Waals surface area contributed by atoms with Crippen LogP contribution in [-0.4, -0.2) is 21.1 Å². The SMILES string of the molecule is CC(C)(Oc1ccc2cnsc2c1-c1ccc(C#N)cc1)C(=O)O. The van der Waals surface area contributed by atoms with Crippen LogP contribution < -0.4 is 4.74 Å². The minimum Gasteiger partial charge on any atom is -0.478 e. The van der Waals surface area contributed by atoms with E-state index in [0.29, 0.717) is 11.3 Å². The third-order valence-corrected chi connectivity index (χ3v) is 4.50. The number of ether oxygens (including phenoxy) is 1. The van der Waals surface area contributed by atoms with Crippen molar-refractivity contribution < 1.29 is 14.6 Å². The number of carboxylic acids is 1. The maximum Gasteiger partial charge on any atom is 0.347 e. The molecular weight excluding hydrogens is 324 g/mol. The molecule has 0 aliphatic carbocycles. The zero-order valence-electron chi connectivity index (χ0n) is 13.1. The van der Waals surface area contributed by atoms with E-state index < -0.39 is 11.6 Å². The molecule has 0 saturated carbocycles. The molecular formula is C18H14N2O3S. The van der Waals surface area contributed by atoms with E-state index in [4.69, 9.17) is 10.00 Å². The molecule has 3 rings (SSSR count). The van der Waals surface area contributed by atoms with E-state index in [1.807, 2.05) is 18.2 Å². The summed E-state index contributed by atoms with van der Waals surface area (Å²) in [5, 5.41) is 19.3. The number of aliphatic carboxylic acids is 1. The van der Waals surface area contributed by atoms with Crippen LogP contribution in [-0.2, 0) is 4.79 Å². The summed E-state index contributed by atoms with van der Waals surface area (Å²) in [6.45, 7) is 3.02. The molecule has 24 heavy (non-hydrogen) atoms. The van der Waals surface area contributed by atoms with Gasteiger partial charge in [0.05, 0.1) is 16.3 Å². The molecule has 0 atom stereocenters. The van der Waals surface area contributed by atoms with Crippen molar-refractivity contribution in [1.82, 2.24) is 4.37 Å². The van der Waals surface area contributed by atoms with Crippen LogP contribution in [0.3, 0.4) is 0 Å². The van der Waals surface area contributed by atoms with Crippen LogP contribution in [0.5, 0.6) is 5.75 Å². The van der Waals surface area contributed by atoms with Crippen LogP contribution in [0.2, 0.25) is 0 Å². The Hall–Kier alpha value is -2.91. The van der Waals surface area contributed by atoms with Gasteiger partial charge in [0.1, 0.15) is 5.75 Å². The zero-order chi connectivity index (χ0) is 17.3. The fraction of sp³-hybridized carbons (Fsp3) is 0.167. The van der Waals surface area contributed by atoms with Gasteiger partial charge in [-0.15, -0.1) is 0 Å². The Morgan fingerprint density at radius 2 is 1.96 bits per heavy atom. The molecule has 0 radical (unpaired) electrons. The highest BCUT2D eigenvalue weighted by Crippen LogP contribution is 2.40. The standard InChI is InChI=1S/C18H14N2O3S/c1-18(2,17(21)22)23-14-8-7-13-10-20-24-16(13)15(14)12-5-3-11(9-19)4-6-12/h3-8,10H,1-2H3,(H,21,22). The fourth-order valence-electron chi connectivity index (χ4n) is 2.30. The Labute approximate surface area is 142 Å². The van der Waals surface area contributed by atoms with Crippen LogP contribution in [0, 0.1) is 11.3 Å². The van der Waals surface area contributed by atoms with Gasteiger partial charge in [-0.05, 0) is 55.2 Å². The lowest BCUT2D eigenvalue weighted by atomic mass is 10.0. The first-order valence-electron chi connectivity index (χ1n) is 7.23. The topological polar surface area (TPSA) is 83.2 Å². The highest BCUT2D eigenvalue weighted by Gasteiger charge is 2.31. The second-order valence-electron chi connectivity index (χ2n) is 5.79. The van der Waals surface area contributed by atoms with Gasteiger partial charge in [-0.2, -0.15) is 9.64 Å². The van der Waals surface area contributed by atoms with Crippen molar-refractivity contribution >= 4 is 27.6 Å². The summed E-state index contributed by atoms with van der Waals surface area (Å²) in [7, 11) is 0. The van der Waals surface area contributed by atoms with Gasteiger partial charge >= 0.3 is 5.97 Å². The smallest absolute Gasteiger partial charge is 0.347 e. The Bertz CT molecular complexity index is 953. The largest absolute Gasteiger partial charge is 0.478 e. The first-order chi connectivity index (χ1) is 11.4. The molecule has 0 spiro atoms. The molecule has 0 amide bonds. The number of hydrogen-bond donors (Lipinski definition) is 1. The highest BCUT2D eigenvalue weighted by atomic mass is 32.1. The molecule has 0 fully saturated rings. The summed E-state index contributed by atoms with van der Waals surface area (Å²) in [5.41, 5.74) is 0.831. The van der Waals surface area contributed by atoms with Crippen molar-refractivity contribution in [1.29, 1.82) is 5.26 Å². The number of rotatable bonds is 4. The summed E-state index contributed by atoms with van der Waals surface area (Å²) in [6, 6.07) is 12.8. The van der Waals surface area contributed by atoms with Gasteiger partial charge in [0.2, 0.25) is 0 Å². The average Bonchev–Trinajstić information content (AvgIpc) is 3.03. The maximum absolute atomic E-state index is 11.4. The number of aromatic nitrogens is 1. The van der Waals surface area contributed by atoms with Crippen molar-refractivity contribution in [3.63, 3.8) is 0 Å². The zero-order valence-corrected chi connectivity index (χ0v) is 13.9. The summed E-state index contributed by atoms with van der Waals surface area (Å²) in [5.74, 6) is -0.568. The lowest BCUT2D eigenvalue weighted by Gasteiger charge is -2.23. The Morgan fingerprint density at radius 3 is 2.58 bits per heavy atom.